The van der Waals surface area contributed by atoms with E-state index in [-0.39, 0.29) is 0 Å². The summed E-state index contributed by atoms with van der Waals surface area (Å²) in [6, 6.07) is 7.75. The van der Waals surface area contributed by atoms with Crippen LogP contribution in [0.25, 0.3) is 0 Å². The third kappa shape index (κ3) is 3.02. The van der Waals surface area contributed by atoms with Gasteiger partial charge in [0.25, 0.3) is 0 Å². The normalized spacial score (nSPS) is 29.7. The molecule has 1 fully saturated rings. The Balaban J connectivity index is 1.88. The van der Waals surface area contributed by atoms with Crippen molar-refractivity contribution in [1.29, 1.82) is 0 Å². The number of hydrogen-bond donors (Lipinski definition) is 0. The predicted molar refractivity (Wildman–Crippen MR) is 90.2 cm³/mol. The molecule has 0 radical (unpaired) electrons. The summed E-state index contributed by atoms with van der Waals surface area (Å²) in [5.74, 6) is 0.778. The van der Waals surface area contributed by atoms with Crippen LogP contribution in [0.3, 0.4) is 0 Å². The number of fused-ring (bicyclic) bond motifs is 1. The monoisotopic (exact) mass is 303 g/mol. The van der Waals surface area contributed by atoms with E-state index < -0.39 is 0 Å². The van der Waals surface area contributed by atoms with E-state index in [0.29, 0.717) is 5.25 Å². The first-order valence-electron chi connectivity index (χ1n) is 7.09. The van der Waals surface area contributed by atoms with Crippen molar-refractivity contribution in [2.24, 2.45) is 10.9 Å². The lowest BCUT2D eigenvalue weighted by molar-refractivity contribution is 0.489. The van der Waals surface area contributed by atoms with Gasteiger partial charge in [-0.05, 0) is 61.9 Å². The summed E-state index contributed by atoms with van der Waals surface area (Å²) < 4.78 is 0. The van der Waals surface area contributed by atoms with E-state index in [0.717, 1.165) is 23.0 Å². The lowest BCUT2D eigenvalue weighted by atomic mass is 9.87. The van der Waals surface area contributed by atoms with Crippen LogP contribution in [-0.2, 0) is 0 Å². The summed E-state index contributed by atoms with van der Waals surface area (Å²) in [5.41, 5.74) is 2.37. The lowest BCUT2D eigenvalue weighted by Gasteiger charge is -2.33. The number of aliphatic imine (C=N–C) groups is 1. The molecule has 0 amide bonds. The molecule has 1 aromatic carbocycles. The first-order valence-corrected chi connectivity index (χ1v) is 8.35. The van der Waals surface area contributed by atoms with Crippen LogP contribution in [0.2, 0.25) is 5.02 Å². The molecule has 2 unspecified atom stereocenters. The zero-order valence-electron chi connectivity index (χ0n) is 11.6. The van der Waals surface area contributed by atoms with Crippen LogP contribution < -0.4 is 0 Å². The largest absolute Gasteiger partial charge is 0.242 e. The minimum atomic E-state index is 0.596. The van der Waals surface area contributed by atoms with E-state index in [9.17, 15) is 0 Å². The van der Waals surface area contributed by atoms with Crippen LogP contribution in [-0.4, -0.2) is 10.3 Å². The fraction of sp³-hybridized carbons (Fsp3) is 0.353. The molecule has 2 atom stereocenters. The number of rotatable bonds is 1. The average molecular weight is 304 g/mol. The Labute approximate surface area is 129 Å². The summed E-state index contributed by atoms with van der Waals surface area (Å²) in [6.07, 6.45) is 10.6. The number of nitrogens with zero attached hydrogens (tertiary/aromatic N) is 1. The van der Waals surface area contributed by atoms with Crippen molar-refractivity contribution in [2.45, 2.75) is 31.4 Å². The second-order valence-corrected chi connectivity index (χ2v) is 6.86. The molecular weight excluding hydrogens is 286 g/mol. The Bertz CT molecular complexity index is 571. The van der Waals surface area contributed by atoms with E-state index in [1.54, 1.807) is 0 Å². The SMILES string of the molecule is C/C=C1\CC2CCC=CC2S\C1=N/c1ccc(Cl)cc1. The molecule has 2 aliphatic rings. The smallest absolute Gasteiger partial charge is 0.100 e. The molecule has 0 spiro atoms. The summed E-state index contributed by atoms with van der Waals surface area (Å²) in [5, 5.41) is 2.52. The van der Waals surface area contributed by atoms with Crippen LogP contribution in [0, 0.1) is 5.92 Å². The first-order chi connectivity index (χ1) is 9.76. The fourth-order valence-electron chi connectivity index (χ4n) is 2.76. The van der Waals surface area contributed by atoms with Crippen LogP contribution in [0.5, 0.6) is 0 Å². The van der Waals surface area contributed by atoms with Gasteiger partial charge in [-0.3, -0.25) is 0 Å². The van der Waals surface area contributed by atoms with Gasteiger partial charge >= 0.3 is 0 Å². The predicted octanol–water partition coefficient (Wildman–Crippen LogP) is 5.79. The number of benzene rings is 1. The topological polar surface area (TPSA) is 12.4 Å². The van der Waals surface area contributed by atoms with E-state index in [4.69, 9.17) is 16.6 Å². The van der Waals surface area contributed by atoms with Gasteiger partial charge in [-0.2, -0.15) is 0 Å². The quantitative estimate of drug-likeness (QED) is 0.598. The van der Waals surface area contributed by atoms with Gasteiger partial charge in [0.05, 0.1) is 5.69 Å². The van der Waals surface area contributed by atoms with Crippen LogP contribution in [0.1, 0.15) is 26.2 Å². The molecule has 20 heavy (non-hydrogen) atoms. The first kappa shape index (κ1) is 14.0. The van der Waals surface area contributed by atoms with Gasteiger partial charge < -0.3 is 0 Å². The van der Waals surface area contributed by atoms with Crippen LogP contribution >= 0.6 is 23.4 Å². The molecule has 1 saturated heterocycles. The fourth-order valence-corrected chi connectivity index (χ4v) is 4.27. The summed E-state index contributed by atoms with van der Waals surface area (Å²) in [4.78, 5) is 4.82. The molecule has 0 bridgehead atoms. The van der Waals surface area contributed by atoms with E-state index >= 15 is 0 Å². The Morgan fingerprint density at radius 3 is 2.85 bits per heavy atom. The molecule has 0 N–H and O–H groups in total. The van der Waals surface area contributed by atoms with Gasteiger partial charge in [-0.15, -0.1) is 0 Å². The van der Waals surface area contributed by atoms with Crippen molar-refractivity contribution >= 4 is 34.1 Å². The molecule has 1 nitrogen and oxygen atoms in total. The van der Waals surface area contributed by atoms with Gasteiger partial charge in [-0.25, -0.2) is 4.99 Å². The number of allylic oxidation sites excluding steroid dienone is 2. The van der Waals surface area contributed by atoms with E-state index in [1.165, 1.54) is 23.5 Å². The highest BCUT2D eigenvalue weighted by molar-refractivity contribution is 8.15. The maximum Gasteiger partial charge on any atom is 0.100 e. The minimum absolute atomic E-state index is 0.596. The lowest BCUT2D eigenvalue weighted by Crippen LogP contribution is -2.26. The molecule has 1 heterocycles. The zero-order valence-corrected chi connectivity index (χ0v) is 13.1. The zero-order chi connectivity index (χ0) is 13.9. The van der Waals surface area contributed by atoms with Gasteiger partial charge in [0, 0.05) is 10.3 Å². The van der Waals surface area contributed by atoms with Gasteiger partial charge in [0.2, 0.25) is 0 Å². The molecule has 0 saturated carbocycles. The molecule has 1 aromatic rings. The Hall–Kier alpha value is -0.990. The molecule has 3 heteroatoms. The number of hydrogen-bond acceptors (Lipinski definition) is 2. The minimum Gasteiger partial charge on any atom is -0.242 e. The standard InChI is InChI=1S/C17H18ClNS/c1-2-12-11-13-5-3-4-6-16(13)20-17(12)19-15-9-7-14(18)8-10-15/h2,4,6-10,13,16H,3,5,11H2,1H3/b12-2+,19-17-. The highest BCUT2D eigenvalue weighted by Gasteiger charge is 2.31. The molecule has 0 aromatic heterocycles. The highest BCUT2D eigenvalue weighted by atomic mass is 35.5. The second kappa shape index (κ2) is 6.19. The number of halogens is 1. The maximum atomic E-state index is 5.93. The summed E-state index contributed by atoms with van der Waals surface area (Å²) in [6.45, 7) is 2.12. The Morgan fingerprint density at radius 2 is 2.10 bits per heavy atom. The van der Waals surface area contributed by atoms with Crippen molar-refractivity contribution in [3.8, 4) is 0 Å². The number of thioether (sulfide) groups is 1. The maximum absolute atomic E-state index is 5.93. The molecule has 1 aliphatic carbocycles. The molecule has 104 valence electrons. The van der Waals surface area contributed by atoms with Gasteiger partial charge in [0.1, 0.15) is 5.04 Å². The second-order valence-electron chi connectivity index (χ2n) is 5.26. The molecule has 3 rings (SSSR count). The van der Waals surface area contributed by atoms with E-state index in [1.807, 2.05) is 36.0 Å². The van der Waals surface area contributed by atoms with Crippen molar-refractivity contribution in [3.63, 3.8) is 0 Å². The summed E-state index contributed by atoms with van der Waals surface area (Å²) >= 11 is 7.84. The summed E-state index contributed by atoms with van der Waals surface area (Å²) in [7, 11) is 0. The third-order valence-corrected chi connectivity index (χ3v) is 5.55. The highest BCUT2D eigenvalue weighted by Crippen LogP contribution is 2.42. The molecular formula is C17H18ClNS. The Kier molecular flexibility index (Phi) is 4.32. The van der Waals surface area contributed by atoms with Crippen LogP contribution in [0.4, 0.5) is 5.69 Å². The van der Waals surface area contributed by atoms with Crippen LogP contribution in [0.15, 0.2) is 53.1 Å². The molecule has 1 aliphatic heterocycles. The van der Waals surface area contributed by atoms with Crippen molar-refractivity contribution in [1.82, 2.24) is 0 Å². The van der Waals surface area contributed by atoms with Crippen molar-refractivity contribution in [3.05, 3.63) is 53.1 Å². The van der Waals surface area contributed by atoms with Crippen molar-refractivity contribution < 1.29 is 0 Å². The van der Waals surface area contributed by atoms with Crippen molar-refractivity contribution in [2.75, 3.05) is 0 Å². The van der Waals surface area contributed by atoms with Gasteiger partial charge in [0.15, 0.2) is 0 Å². The third-order valence-electron chi connectivity index (χ3n) is 3.90. The average Bonchev–Trinajstić information content (AvgIpc) is 2.49. The Morgan fingerprint density at radius 1 is 1.30 bits per heavy atom. The van der Waals surface area contributed by atoms with E-state index in [2.05, 4.69) is 25.2 Å². The van der Waals surface area contributed by atoms with Gasteiger partial charge in [-0.1, -0.05) is 41.6 Å².